The maximum Gasteiger partial charge on any atom is 0.202 e. The smallest absolute Gasteiger partial charge is 0.202 e. The summed E-state index contributed by atoms with van der Waals surface area (Å²) in [6.45, 7) is 0. The molecule has 27 heavy (non-hydrogen) atoms. The molecule has 5 atom stereocenters. The molecule has 0 aromatic heterocycles. The fourth-order valence-corrected chi connectivity index (χ4v) is 6.36. The summed E-state index contributed by atoms with van der Waals surface area (Å²) in [6.07, 6.45) is 8.76. The van der Waals surface area contributed by atoms with Crippen LogP contribution in [0, 0.1) is 17.8 Å². The summed E-state index contributed by atoms with van der Waals surface area (Å²) >= 11 is 0. The molecule has 1 spiro atoms. The van der Waals surface area contributed by atoms with Crippen LogP contribution in [0.1, 0.15) is 32.1 Å². The molecule has 0 radical (unpaired) electrons. The molecule has 0 amide bonds. The van der Waals surface area contributed by atoms with Crippen molar-refractivity contribution in [2.75, 3.05) is 14.2 Å². The van der Waals surface area contributed by atoms with E-state index in [1.54, 1.807) is 7.11 Å². The minimum absolute atomic E-state index is 0.381. The van der Waals surface area contributed by atoms with Gasteiger partial charge in [0.25, 0.3) is 0 Å². The van der Waals surface area contributed by atoms with Crippen molar-refractivity contribution in [2.24, 2.45) is 22.7 Å². The molecule has 4 nitrogen and oxygen atoms in total. The normalized spacial score (nSPS) is 36.7. The zero-order valence-corrected chi connectivity index (χ0v) is 16.0. The molecule has 5 aliphatic rings. The summed E-state index contributed by atoms with van der Waals surface area (Å²) in [5, 5.41) is 2.26. The molecule has 4 fully saturated rings. The summed E-state index contributed by atoms with van der Waals surface area (Å²) < 4.78 is 12.3. The second-order valence-electron chi connectivity index (χ2n) is 8.98. The molecule has 3 aliphatic heterocycles. The van der Waals surface area contributed by atoms with Crippen LogP contribution in [-0.4, -0.2) is 37.0 Å². The van der Waals surface area contributed by atoms with Gasteiger partial charge in [0.1, 0.15) is 17.2 Å². The van der Waals surface area contributed by atoms with Crippen LogP contribution in [-0.2, 0) is 0 Å². The van der Waals surface area contributed by atoms with Crippen LogP contribution < -0.4 is 9.47 Å². The maximum absolute atomic E-state index is 6.85. The van der Waals surface area contributed by atoms with Crippen LogP contribution in [0.3, 0.4) is 0 Å². The SMILES string of the molecule is COc1ccc2ccc3c(c2c1)N=CC1(O3)C2C[C@H]3CC(C[C@@H](C2)C3)N1C. The Morgan fingerprint density at radius 1 is 1.07 bits per heavy atom. The lowest BCUT2D eigenvalue weighted by Gasteiger charge is -2.45. The van der Waals surface area contributed by atoms with E-state index in [-0.39, 0.29) is 5.72 Å². The molecule has 2 saturated carbocycles. The van der Waals surface area contributed by atoms with Gasteiger partial charge < -0.3 is 9.47 Å². The van der Waals surface area contributed by atoms with Gasteiger partial charge in [-0.15, -0.1) is 0 Å². The Balaban J connectivity index is 1.48. The van der Waals surface area contributed by atoms with E-state index in [0.717, 1.165) is 34.4 Å². The zero-order valence-electron chi connectivity index (χ0n) is 16.0. The highest BCUT2D eigenvalue weighted by Gasteiger charge is 2.56. The van der Waals surface area contributed by atoms with Crippen LogP contribution in [0.2, 0.25) is 0 Å². The molecule has 4 heteroatoms. The fraction of sp³-hybridized carbons (Fsp3) is 0.522. The van der Waals surface area contributed by atoms with Gasteiger partial charge in [-0.3, -0.25) is 9.89 Å². The summed E-state index contributed by atoms with van der Waals surface area (Å²) in [6, 6.07) is 11.0. The van der Waals surface area contributed by atoms with Crippen LogP contribution in [0.5, 0.6) is 11.5 Å². The number of nitrogens with zero attached hydrogens (tertiary/aromatic N) is 2. The first-order valence-electron chi connectivity index (χ1n) is 10.2. The van der Waals surface area contributed by atoms with Gasteiger partial charge >= 0.3 is 0 Å². The van der Waals surface area contributed by atoms with Crippen LogP contribution >= 0.6 is 0 Å². The molecule has 2 aliphatic carbocycles. The molecule has 0 N–H and O–H groups in total. The monoisotopic (exact) mass is 362 g/mol. The van der Waals surface area contributed by atoms with Crippen LogP contribution in [0.4, 0.5) is 5.69 Å². The topological polar surface area (TPSA) is 34.1 Å². The van der Waals surface area contributed by atoms with E-state index in [9.17, 15) is 0 Å². The van der Waals surface area contributed by atoms with Crippen molar-refractivity contribution in [1.82, 2.24) is 4.90 Å². The fourth-order valence-electron chi connectivity index (χ4n) is 6.36. The average Bonchev–Trinajstić information content (AvgIpc) is 2.81. The molecule has 2 aromatic carbocycles. The second kappa shape index (κ2) is 5.48. The number of aliphatic imine (C=N–C) groups is 1. The number of methoxy groups -OCH3 is 1. The number of rotatable bonds is 1. The molecule has 3 heterocycles. The van der Waals surface area contributed by atoms with Gasteiger partial charge in [-0.05, 0) is 74.6 Å². The van der Waals surface area contributed by atoms with Gasteiger partial charge in [0.15, 0.2) is 0 Å². The third-order valence-electron chi connectivity index (χ3n) is 7.61. The summed E-state index contributed by atoms with van der Waals surface area (Å²) in [4.78, 5) is 7.53. The number of ether oxygens (including phenoxy) is 2. The van der Waals surface area contributed by atoms with E-state index < -0.39 is 0 Å². The minimum atomic E-state index is -0.381. The van der Waals surface area contributed by atoms with Gasteiger partial charge in [0, 0.05) is 17.3 Å². The van der Waals surface area contributed by atoms with Gasteiger partial charge in [0.05, 0.1) is 13.3 Å². The first-order chi connectivity index (χ1) is 13.2. The summed E-state index contributed by atoms with van der Waals surface area (Å²) in [5.41, 5.74) is 0.558. The van der Waals surface area contributed by atoms with Crippen molar-refractivity contribution in [3.63, 3.8) is 0 Å². The number of fused-ring (bicyclic) bond motifs is 3. The Kier molecular flexibility index (Phi) is 3.23. The molecule has 2 saturated heterocycles. The van der Waals surface area contributed by atoms with Crippen molar-refractivity contribution in [1.29, 1.82) is 0 Å². The molecule has 140 valence electrons. The highest BCUT2D eigenvalue weighted by atomic mass is 16.5. The van der Waals surface area contributed by atoms with Crippen molar-refractivity contribution >= 4 is 22.7 Å². The molecule has 2 aromatic rings. The predicted molar refractivity (Wildman–Crippen MR) is 107 cm³/mol. The highest BCUT2D eigenvalue weighted by Crippen LogP contribution is 2.55. The number of hydrogen-bond donors (Lipinski definition) is 0. The van der Waals surface area contributed by atoms with Gasteiger partial charge in [-0.2, -0.15) is 0 Å². The number of benzene rings is 2. The average molecular weight is 362 g/mol. The van der Waals surface area contributed by atoms with Gasteiger partial charge in [-0.1, -0.05) is 12.1 Å². The summed E-state index contributed by atoms with van der Waals surface area (Å²) in [5.74, 6) is 4.04. The third kappa shape index (κ3) is 2.16. The van der Waals surface area contributed by atoms with Crippen molar-refractivity contribution in [2.45, 2.75) is 43.9 Å². The van der Waals surface area contributed by atoms with Gasteiger partial charge in [-0.25, -0.2) is 0 Å². The molecule has 4 bridgehead atoms. The lowest BCUT2D eigenvalue weighted by Crippen LogP contribution is -2.59. The van der Waals surface area contributed by atoms with E-state index in [4.69, 9.17) is 14.5 Å². The number of hydrogen-bond acceptors (Lipinski definition) is 4. The largest absolute Gasteiger partial charge is 0.497 e. The Morgan fingerprint density at radius 3 is 2.63 bits per heavy atom. The lowest BCUT2D eigenvalue weighted by molar-refractivity contribution is -0.0623. The third-order valence-corrected chi connectivity index (χ3v) is 7.61. The Bertz CT molecular complexity index is 941. The quantitative estimate of drug-likeness (QED) is 0.732. The Hall–Kier alpha value is -2.07. The minimum Gasteiger partial charge on any atom is -0.497 e. The molecular weight excluding hydrogens is 336 g/mol. The summed E-state index contributed by atoms with van der Waals surface area (Å²) in [7, 11) is 3.96. The van der Waals surface area contributed by atoms with E-state index in [1.807, 2.05) is 6.07 Å². The van der Waals surface area contributed by atoms with E-state index in [2.05, 4.69) is 42.4 Å². The van der Waals surface area contributed by atoms with E-state index in [1.165, 1.54) is 37.5 Å². The molecule has 7 rings (SSSR count). The van der Waals surface area contributed by atoms with Crippen LogP contribution in [0.25, 0.3) is 10.8 Å². The first-order valence-corrected chi connectivity index (χ1v) is 10.2. The standard InChI is InChI=1S/C23H26N2O2/c1-25-18-10-14-7-15(11-18)9-17(8-14)23(25)13-24-22-20-12-19(26-2)5-3-16(20)4-6-21(22)27-23/h3-6,12-15,17-18H,7-11H2,1-2H3/t14-,15+,17?,18?,23?. The maximum atomic E-state index is 6.85. The van der Waals surface area contributed by atoms with Crippen LogP contribution in [0.15, 0.2) is 35.3 Å². The molecular formula is C23H26N2O2. The zero-order chi connectivity index (χ0) is 18.2. The van der Waals surface area contributed by atoms with E-state index >= 15 is 0 Å². The molecule has 3 unspecified atom stereocenters. The van der Waals surface area contributed by atoms with Gasteiger partial charge in [0.2, 0.25) is 5.72 Å². The Labute approximate surface area is 160 Å². The lowest BCUT2D eigenvalue weighted by atomic mass is 9.67. The highest BCUT2D eigenvalue weighted by molar-refractivity contribution is 5.99. The van der Waals surface area contributed by atoms with Crippen molar-refractivity contribution in [3.05, 3.63) is 30.3 Å². The second-order valence-corrected chi connectivity index (χ2v) is 8.98. The Morgan fingerprint density at radius 2 is 1.85 bits per heavy atom. The van der Waals surface area contributed by atoms with Crippen molar-refractivity contribution in [3.8, 4) is 11.5 Å². The van der Waals surface area contributed by atoms with E-state index in [0.29, 0.717) is 12.0 Å². The predicted octanol–water partition coefficient (Wildman–Crippen LogP) is 4.78. The van der Waals surface area contributed by atoms with Crippen molar-refractivity contribution < 1.29 is 9.47 Å². The first kappa shape index (κ1) is 15.9.